The summed E-state index contributed by atoms with van der Waals surface area (Å²) in [6.45, 7) is 2.20. The fraction of sp³-hybridized carbons (Fsp3) is 0.308. The van der Waals surface area contributed by atoms with Crippen molar-refractivity contribution in [2.24, 2.45) is 0 Å². The number of piperazine rings is 1. The minimum absolute atomic E-state index is 0.000693. The van der Waals surface area contributed by atoms with Gasteiger partial charge in [-0.05, 0) is 43.2 Å². The van der Waals surface area contributed by atoms with Crippen LogP contribution in [0.4, 0.5) is 10.2 Å². The lowest BCUT2D eigenvalue weighted by atomic mass is 10.1. The van der Waals surface area contributed by atoms with Gasteiger partial charge in [-0.2, -0.15) is 0 Å². The molecule has 2 aromatic carbocycles. The summed E-state index contributed by atoms with van der Waals surface area (Å²) in [7, 11) is 0. The first kappa shape index (κ1) is 23.2. The predicted octanol–water partition coefficient (Wildman–Crippen LogP) is 3.89. The Hall–Kier alpha value is -3.52. The molecule has 1 aliphatic carbocycles. The highest BCUT2D eigenvalue weighted by Crippen LogP contribution is 2.29. The van der Waals surface area contributed by atoms with E-state index in [-0.39, 0.29) is 24.1 Å². The van der Waals surface area contributed by atoms with Crippen LogP contribution in [0.25, 0.3) is 11.3 Å². The van der Waals surface area contributed by atoms with Crippen molar-refractivity contribution in [2.75, 3.05) is 37.6 Å². The zero-order valence-corrected chi connectivity index (χ0v) is 19.9. The Morgan fingerprint density at radius 3 is 2.31 bits per heavy atom. The highest BCUT2D eigenvalue weighted by molar-refractivity contribution is 6.33. The molecule has 1 saturated heterocycles. The van der Waals surface area contributed by atoms with E-state index in [4.69, 9.17) is 11.6 Å². The maximum atomic E-state index is 14.2. The number of halogens is 2. The summed E-state index contributed by atoms with van der Waals surface area (Å²) in [6.07, 6.45) is 1.67. The average molecular weight is 494 g/mol. The van der Waals surface area contributed by atoms with E-state index in [2.05, 4.69) is 15.1 Å². The number of rotatable bonds is 6. The molecule has 0 N–H and O–H groups in total. The Labute approximate surface area is 208 Å². The largest absolute Gasteiger partial charge is 0.352 e. The summed E-state index contributed by atoms with van der Waals surface area (Å²) in [4.78, 5) is 31.3. The summed E-state index contributed by atoms with van der Waals surface area (Å²) in [5.74, 6) is -0.374. The number of aromatic nitrogens is 2. The van der Waals surface area contributed by atoms with E-state index in [1.807, 2.05) is 36.4 Å². The summed E-state index contributed by atoms with van der Waals surface area (Å²) in [5.41, 5.74) is 1.54. The maximum absolute atomic E-state index is 14.2. The van der Waals surface area contributed by atoms with Gasteiger partial charge in [0.1, 0.15) is 12.4 Å². The molecule has 1 aromatic heterocycles. The minimum Gasteiger partial charge on any atom is -0.352 e. The Kier molecular flexibility index (Phi) is 6.63. The second-order valence-corrected chi connectivity index (χ2v) is 9.18. The van der Waals surface area contributed by atoms with Crippen LogP contribution in [0.15, 0.2) is 60.7 Å². The lowest BCUT2D eigenvalue weighted by Crippen LogP contribution is -2.52. The quantitative estimate of drug-likeness (QED) is 0.521. The second kappa shape index (κ2) is 10.00. The van der Waals surface area contributed by atoms with Crippen molar-refractivity contribution in [1.82, 2.24) is 20.0 Å². The standard InChI is InChI=1S/C26H25ClFN5O2/c27-21-7-3-1-5-19(21)23-11-12-24(30-29-23)31-13-15-32(16-14-31)25(34)17-33(18-9-10-18)26(35)20-6-2-4-8-22(20)28/h1-8,11-12,18H,9-10,13-17H2. The van der Waals surface area contributed by atoms with Crippen LogP contribution in [-0.2, 0) is 4.79 Å². The molecular formula is C26H25ClFN5O2. The number of carbonyl (C=O) groups is 2. The van der Waals surface area contributed by atoms with Gasteiger partial charge in [0.2, 0.25) is 5.91 Å². The summed E-state index contributed by atoms with van der Waals surface area (Å²) < 4.78 is 14.2. The van der Waals surface area contributed by atoms with Crippen LogP contribution in [-0.4, -0.2) is 70.6 Å². The molecule has 9 heteroatoms. The van der Waals surface area contributed by atoms with Crippen LogP contribution in [0.1, 0.15) is 23.2 Å². The third kappa shape index (κ3) is 5.12. The van der Waals surface area contributed by atoms with E-state index in [1.165, 1.54) is 17.0 Å². The number of hydrogen-bond donors (Lipinski definition) is 0. The van der Waals surface area contributed by atoms with E-state index in [0.29, 0.717) is 36.9 Å². The van der Waals surface area contributed by atoms with E-state index >= 15 is 0 Å². The average Bonchev–Trinajstić information content (AvgIpc) is 3.73. The summed E-state index contributed by atoms with van der Waals surface area (Å²) >= 11 is 6.26. The van der Waals surface area contributed by atoms with E-state index in [9.17, 15) is 14.0 Å². The van der Waals surface area contributed by atoms with Gasteiger partial charge in [0.05, 0.1) is 16.3 Å². The Morgan fingerprint density at radius 2 is 1.66 bits per heavy atom. The SMILES string of the molecule is O=C(CN(C(=O)c1ccccc1F)C1CC1)N1CCN(c2ccc(-c3ccccc3Cl)nn2)CC1. The topological polar surface area (TPSA) is 69.6 Å². The number of hydrogen-bond acceptors (Lipinski definition) is 5. The van der Waals surface area contributed by atoms with Gasteiger partial charge < -0.3 is 14.7 Å². The highest BCUT2D eigenvalue weighted by atomic mass is 35.5. The van der Waals surface area contributed by atoms with Gasteiger partial charge in [0, 0.05) is 37.8 Å². The van der Waals surface area contributed by atoms with Crippen LogP contribution in [0.5, 0.6) is 0 Å². The predicted molar refractivity (Wildman–Crippen MR) is 132 cm³/mol. The van der Waals surface area contributed by atoms with Gasteiger partial charge in [0.15, 0.2) is 5.82 Å². The molecule has 3 aromatic rings. The third-order valence-electron chi connectivity index (χ3n) is 6.42. The maximum Gasteiger partial charge on any atom is 0.257 e. The molecule has 2 amide bonds. The van der Waals surface area contributed by atoms with Crippen molar-refractivity contribution >= 4 is 29.2 Å². The smallest absolute Gasteiger partial charge is 0.257 e. The number of benzene rings is 2. The zero-order valence-electron chi connectivity index (χ0n) is 19.1. The summed E-state index contributed by atoms with van der Waals surface area (Å²) in [6, 6.07) is 17.2. The van der Waals surface area contributed by atoms with Gasteiger partial charge in [-0.25, -0.2) is 4.39 Å². The third-order valence-corrected chi connectivity index (χ3v) is 6.74. The molecule has 1 aliphatic heterocycles. The van der Waals surface area contributed by atoms with Crippen molar-refractivity contribution in [1.29, 1.82) is 0 Å². The Morgan fingerprint density at radius 1 is 0.943 bits per heavy atom. The molecule has 0 atom stereocenters. The van der Waals surface area contributed by atoms with E-state index in [0.717, 1.165) is 24.2 Å². The lowest BCUT2D eigenvalue weighted by molar-refractivity contribution is -0.132. The van der Waals surface area contributed by atoms with Crippen LogP contribution >= 0.6 is 11.6 Å². The van der Waals surface area contributed by atoms with Gasteiger partial charge >= 0.3 is 0 Å². The van der Waals surface area contributed by atoms with Gasteiger partial charge in [-0.1, -0.05) is 41.9 Å². The van der Waals surface area contributed by atoms with Crippen molar-refractivity contribution in [3.63, 3.8) is 0 Å². The first-order valence-electron chi connectivity index (χ1n) is 11.7. The Bertz CT molecular complexity index is 1230. The van der Waals surface area contributed by atoms with Crippen molar-refractivity contribution in [3.05, 3.63) is 77.1 Å². The molecule has 0 spiro atoms. The van der Waals surface area contributed by atoms with Gasteiger partial charge in [-0.15, -0.1) is 10.2 Å². The molecule has 2 fully saturated rings. The Balaban J connectivity index is 1.19. The first-order chi connectivity index (χ1) is 17.0. The zero-order chi connectivity index (χ0) is 24.4. The first-order valence-corrected chi connectivity index (χ1v) is 12.1. The molecule has 0 unspecified atom stereocenters. The van der Waals surface area contributed by atoms with Crippen LogP contribution in [0.3, 0.4) is 0 Å². The molecule has 2 heterocycles. The molecule has 35 heavy (non-hydrogen) atoms. The minimum atomic E-state index is -0.564. The number of nitrogens with zero attached hydrogens (tertiary/aromatic N) is 5. The molecule has 1 saturated carbocycles. The molecule has 180 valence electrons. The van der Waals surface area contributed by atoms with Crippen LogP contribution in [0, 0.1) is 5.82 Å². The lowest BCUT2D eigenvalue weighted by Gasteiger charge is -2.36. The second-order valence-electron chi connectivity index (χ2n) is 8.77. The van der Waals surface area contributed by atoms with Gasteiger partial charge in [0.25, 0.3) is 5.91 Å². The van der Waals surface area contributed by atoms with E-state index in [1.54, 1.807) is 17.0 Å². The monoisotopic (exact) mass is 493 g/mol. The summed E-state index contributed by atoms with van der Waals surface area (Å²) in [5, 5.41) is 9.31. The molecular weight excluding hydrogens is 469 g/mol. The normalized spacial score (nSPS) is 15.7. The fourth-order valence-electron chi connectivity index (χ4n) is 4.28. The number of amides is 2. The number of carbonyl (C=O) groups excluding carboxylic acids is 2. The van der Waals surface area contributed by atoms with Crippen LogP contribution in [0.2, 0.25) is 5.02 Å². The van der Waals surface area contributed by atoms with Crippen molar-refractivity contribution in [2.45, 2.75) is 18.9 Å². The molecule has 0 bridgehead atoms. The molecule has 5 rings (SSSR count). The molecule has 2 aliphatic rings. The van der Waals surface area contributed by atoms with Crippen molar-refractivity contribution in [3.8, 4) is 11.3 Å². The van der Waals surface area contributed by atoms with E-state index < -0.39 is 11.7 Å². The molecule has 0 radical (unpaired) electrons. The van der Waals surface area contributed by atoms with Crippen molar-refractivity contribution < 1.29 is 14.0 Å². The highest BCUT2D eigenvalue weighted by Gasteiger charge is 2.36. The van der Waals surface area contributed by atoms with Crippen LogP contribution < -0.4 is 4.90 Å². The fourth-order valence-corrected chi connectivity index (χ4v) is 4.51. The molecule has 7 nitrogen and oxygen atoms in total. The number of anilines is 1. The van der Waals surface area contributed by atoms with Gasteiger partial charge in [-0.3, -0.25) is 9.59 Å².